The molecular formula is C4H6OS. The van der Waals surface area contributed by atoms with Gasteiger partial charge in [-0.2, -0.15) is 0 Å². The number of carbonyl (C=O) groups is 1. The highest BCUT2D eigenvalue weighted by Gasteiger charge is 1.67. The molecule has 0 fully saturated rings. The number of hydrogen-bond donors (Lipinski definition) is 1. The molecule has 0 heterocycles. The summed E-state index contributed by atoms with van der Waals surface area (Å²) in [5.41, 5.74) is 0. The van der Waals surface area contributed by atoms with E-state index >= 15 is 0 Å². The first-order valence-corrected chi connectivity index (χ1v) is 2.03. The Hall–Kier alpha value is -0.240. The van der Waals surface area contributed by atoms with Crippen LogP contribution in [0.1, 0.15) is 6.92 Å². The molecule has 0 saturated carbocycles. The number of carbonyl (C=O) groups excluding carboxylic acids is 1. The summed E-state index contributed by atoms with van der Waals surface area (Å²) >= 11 is 3.81. The summed E-state index contributed by atoms with van der Waals surface area (Å²) in [6.07, 6.45) is 2.10. The third-order valence-corrected chi connectivity index (χ3v) is 0.458. The minimum Gasteiger partial charge on any atom is -0.299 e. The van der Waals surface area contributed by atoms with Crippen molar-refractivity contribution in [2.24, 2.45) is 0 Å². The van der Waals surface area contributed by atoms with Gasteiger partial charge in [-0.1, -0.05) is 0 Å². The quantitative estimate of drug-likeness (QED) is 0.297. The fraction of sp³-hybridized carbons (Fsp3) is 0.250. The predicted molar refractivity (Wildman–Crippen MR) is 28.8 cm³/mol. The Morgan fingerprint density at radius 1 is 1.83 bits per heavy atom. The van der Waals surface area contributed by atoms with Crippen LogP contribution < -0.4 is 0 Å². The van der Waals surface area contributed by atoms with Crippen LogP contribution in [0.5, 0.6) is 0 Å². The van der Waals surface area contributed by atoms with Gasteiger partial charge in [0.15, 0.2) is 0 Å². The maximum Gasteiger partial charge on any atom is 0.143 e. The van der Waals surface area contributed by atoms with Gasteiger partial charge in [0.1, 0.15) is 6.29 Å². The predicted octanol–water partition coefficient (Wildman–Crippen LogP) is 1.02. The summed E-state index contributed by atoms with van der Waals surface area (Å²) in [6.45, 7) is 1.75. The van der Waals surface area contributed by atoms with E-state index in [1.54, 1.807) is 6.92 Å². The molecule has 0 atom stereocenters. The van der Waals surface area contributed by atoms with E-state index in [1.165, 1.54) is 6.08 Å². The van der Waals surface area contributed by atoms with E-state index in [2.05, 4.69) is 12.6 Å². The highest BCUT2D eigenvalue weighted by atomic mass is 32.1. The monoisotopic (exact) mass is 102 g/mol. The first kappa shape index (κ1) is 5.76. The van der Waals surface area contributed by atoms with Gasteiger partial charge < -0.3 is 0 Å². The average molecular weight is 102 g/mol. The van der Waals surface area contributed by atoms with Crippen molar-refractivity contribution in [1.29, 1.82) is 0 Å². The minimum absolute atomic E-state index is 0.711. The molecular weight excluding hydrogens is 96.1 g/mol. The van der Waals surface area contributed by atoms with E-state index in [9.17, 15) is 4.79 Å². The summed E-state index contributed by atoms with van der Waals surface area (Å²) in [5, 5.41) is 0. The average Bonchev–Trinajstić information content (AvgIpc) is 1.35. The number of thiol groups is 1. The van der Waals surface area contributed by atoms with Crippen molar-refractivity contribution in [3.63, 3.8) is 0 Å². The summed E-state index contributed by atoms with van der Waals surface area (Å²) < 4.78 is 0. The number of allylic oxidation sites excluding steroid dienone is 2. The Bertz CT molecular complexity index is 71.6. The van der Waals surface area contributed by atoms with E-state index in [0.29, 0.717) is 6.29 Å². The third-order valence-electron chi connectivity index (χ3n) is 0.309. The van der Waals surface area contributed by atoms with Crippen LogP contribution in [-0.2, 0) is 4.79 Å². The second kappa shape index (κ2) is 2.97. The van der Waals surface area contributed by atoms with E-state index in [1.807, 2.05) is 0 Å². The van der Waals surface area contributed by atoms with Gasteiger partial charge in [0, 0.05) is 0 Å². The number of rotatable bonds is 1. The van der Waals surface area contributed by atoms with Gasteiger partial charge in [0.25, 0.3) is 0 Å². The van der Waals surface area contributed by atoms with Gasteiger partial charge in [0.05, 0.1) is 0 Å². The molecule has 0 aromatic carbocycles. The Morgan fingerprint density at radius 2 is 2.33 bits per heavy atom. The zero-order valence-electron chi connectivity index (χ0n) is 3.51. The lowest BCUT2D eigenvalue weighted by Crippen LogP contribution is -1.59. The summed E-state index contributed by atoms with van der Waals surface area (Å²) in [5.74, 6) is 0. The minimum atomic E-state index is 0.711. The van der Waals surface area contributed by atoms with Gasteiger partial charge >= 0.3 is 0 Å². The number of hydrogen-bond acceptors (Lipinski definition) is 2. The Balaban J connectivity index is 3.41. The molecule has 34 valence electrons. The van der Waals surface area contributed by atoms with Gasteiger partial charge in [0.2, 0.25) is 0 Å². The van der Waals surface area contributed by atoms with Gasteiger partial charge in [-0.25, -0.2) is 0 Å². The second-order valence-corrected chi connectivity index (χ2v) is 1.65. The van der Waals surface area contributed by atoms with Crippen LogP contribution in [0.25, 0.3) is 0 Å². The van der Waals surface area contributed by atoms with Crippen LogP contribution >= 0.6 is 12.6 Å². The third kappa shape index (κ3) is 3.76. The van der Waals surface area contributed by atoms with Crippen LogP contribution in [0.4, 0.5) is 0 Å². The molecule has 0 unspecified atom stereocenters. The Labute approximate surface area is 42.5 Å². The van der Waals surface area contributed by atoms with E-state index in [4.69, 9.17) is 0 Å². The molecule has 0 bridgehead atoms. The molecule has 0 aromatic heterocycles. The van der Waals surface area contributed by atoms with E-state index in [-0.39, 0.29) is 0 Å². The lowest BCUT2D eigenvalue weighted by atomic mass is 10.6. The van der Waals surface area contributed by atoms with E-state index < -0.39 is 0 Å². The van der Waals surface area contributed by atoms with Crippen molar-refractivity contribution in [3.8, 4) is 0 Å². The standard InChI is InChI=1S/C4H6OS/c1-4(6)2-3-5/h2-3,6H,1H3/b4-2-. The van der Waals surface area contributed by atoms with Crippen LogP contribution in [0.3, 0.4) is 0 Å². The maximum absolute atomic E-state index is 9.49. The van der Waals surface area contributed by atoms with Crippen molar-refractivity contribution >= 4 is 18.9 Å². The molecule has 0 saturated heterocycles. The highest BCUT2D eigenvalue weighted by Crippen LogP contribution is 1.91. The fourth-order valence-electron chi connectivity index (χ4n) is 0.0985. The SMILES string of the molecule is C/C(S)=C/C=O. The molecule has 0 aliphatic carbocycles. The molecule has 0 N–H and O–H groups in total. The van der Waals surface area contributed by atoms with Gasteiger partial charge in [-0.15, -0.1) is 12.6 Å². The maximum atomic E-state index is 9.49. The Kier molecular flexibility index (Phi) is 2.85. The molecule has 0 aliphatic heterocycles. The van der Waals surface area contributed by atoms with E-state index in [0.717, 1.165) is 4.91 Å². The zero-order chi connectivity index (χ0) is 4.99. The molecule has 2 heteroatoms. The lowest BCUT2D eigenvalue weighted by Gasteiger charge is -1.72. The summed E-state index contributed by atoms with van der Waals surface area (Å²) in [4.78, 5) is 10.2. The lowest BCUT2D eigenvalue weighted by molar-refractivity contribution is -0.104. The molecule has 0 aromatic rings. The first-order chi connectivity index (χ1) is 2.77. The van der Waals surface area contributed by atoms with Crippen molar-refractivity contribution < 1.29 is 4.79 Å². The highest BCUT2D eigenvalue weighted by molar-refractivity contribution is 7.84. The molecule has 0 aliphatic rings. The van der Waals surface area contributed by atoms with Gasteiger partial charge in [-0.05, 0) is 17.9 Å². The van der Waals surface area contributed by atoms with Crippen molar-refractivity contribution in [2.45, 2.75) is 6.92 Å². The normalized spacial score (nSPS) is 11.3. The smallest absolute Gasteiger partial charge is 0.143 e. The first-order valence-electron chi connectivity index (χ1n) is 1.58. The molecule has 0 rings (SSSR count). The topological polar surface area (TPSA) is 17.1 Å². The Morgan fingerprint density at radius 3 is 2.33 bits per heavy atom. The van der Waals surface area contributed by atoms with Crippen molar-refractivity contribution in [3.05, 3.63) is 11.0 Å². The summed E-state index contributed by atoms with van der Waals surface area (Å²) in [7, 11) is 0. The largest absolute Gasteiger partial charge is 0.299 e. The summed E-state index contributed by atoms with van der Waals surface area (Å²) in [6, 6.07) is 0. The molecule has 0 amide bonds. The zero-order valence-corrected chi connectivity index (χ0v) is 4.40. The van der Waals surface area contributed by atoms with Crippen LogP contribution in [0.15, 0.2) is 11.0 Å². The molecule has 0 radical (unpaired) electrons. The van der Waals surface area contributed by atoms with Crippen molar-refractivity contribution in [1.82, 2.24) is 0 Å². The molecule has 1 nitrogen and oxygen atoms in total. The molecule has 0 spiro atoms. The van der Waals surface area contributed by atoms with Crippen LogP contribution in [0, 0.1) is 0 Å². The second-order valence-electron chi connectivity index (χ2n) is 0.944. The van der Waals surface area contributed by atoms with Crippen LogP contribution in [-0.4, -0.2) is 6.29 Å². The number of aldehydes is 1. The van der Waals surface area contributed by atoms with Crippen LogP contribution in [0.2, 0.25) is 0 Å². The molecule has 6 heavy (non-hydrogen) atoms. The fourth-order valence-corrected chi connectivity index (χ4v) is 0.159. The van der Waals surface area contributed by atoms with Gasteiger partial charge in [-0.3, -0.25) is 4.79 Å². The van der Waals surface area contributed by atoms with Crippen molar-refractivity contribution in [2.75, 3.05) is 0 Å².